The average Bonchev–Trinajstić information content (AvgIpc) is 2.96. The predicted octanol–water partition coefficient (Wildman–Crippen LogP) is 3.91. The Labute approximate surface area is 150 Å². The molecular formula is C21H29NO3. The fourth-order valence-corrected chi connectivity index (χ4v) is 4.34. The van der Waals surface area contributed by atoms with Gasteiger partial charge in [-0.05, 0) is 50.0 Å². The molecule has 136 valence electrons. The van der Waals surface area contributed by atoms with E-state index in [4.69, 9.17) is 4.74 Å². The third kappa shape index (κ3) is 4.05. The molecule has 0 atom stereocenters. The standard InChI is InChI=1S/C21H29NO3/c1-2-19(23)25-16-6-14-22-15-13-21(20(22)24)11-9-18(10-12-21)17-7-4-3-5-8-17/h3-5,7-8,18H,2,6,9-16H2,1H3. The molecule has 0 aromatic heterocycles. The van der Waals surface area contributed by atoms with E-state index in [9.17, 15) is 9.59 Å². The SMILES string of the molecule is CCC(=O)OCCCN1CCC2(CCC(c3ccccc3)CC2)C1=O. The van der Waals surface area contributed by atoms with Crippen LogP contribution in [0.4, 0.5) is 0 Å². The smallest absolute Gasteiger partial charge is 0.305 e. The summed E-state index contributed by atoms with van der Waals surface area (Å²) in [5.74, 6) is 0.770. The minimum absolute atomic E-state index is 0.120. The molecule has 0 unspecified atom stereocenters. The van der Waals surface area contributed by atoms with Crippen molar-refractivity contribution in [2.75, 3.05) is 19.7 Å². The molecule has 1 saturated heterocycles. The molecule has 3 rings (SSSR count). The lowest BCUT2D eigenvalue weighted by Gasteiger charge is -2.36. The number of likely N-dealkylation sites (tertiary alicyclic amines) is 1. The number of benzene rings is 1. The largest absolute Gasteiger partial charge is 0.466 e. The molecule has 25 heavy (non-hydrogen) atoms. The fourth-order valence-electron chi connectivity index (χ4n) is 4.34. The molecule has 4 nitrogen and oxygen atoms in total. The first-order valence-corrected chi connectivity index (χ1v) is 9.64. The van der Waals surface area contributed by atoms with Crippen molar-refractivity contribution in [2.24, 2.45) is 5.41 Å². The van der Waals surface area contributed by atoms with E-state index in [1.54, 1.807) is 6.92 Å². The summed E-state index contributed by atoms with van der Waals surface area (Å²) in [7, 11) is 0. The number of rotatable bonds is 6. The molecule has 1 aliphatic heterocycles. The average molecular weight is 343 g/mol. The summed E-state index contributed by atoms with van der Waals surface area (Å²) in [6, 6.07) is 10.7. The maximum Gasteiger partial charge on any atom is 0.305 e. The molecule has 2 aliphatic rings. The lowest BCUT2D eigenvalue weighted by Crippen LogP contribution is -2.37. The van der Waals surface area contributed by atoms with E-state index in [1.165, 1.54) is 5.56 Å². The van der Waals surface area contributed by atoms with Crippen molar-refractivity contribution in [1.82, 2.24) is 4.90 Å². The summed E-state index contributed by atoms with van der Waals surface area (Å²) >= 11 is 0. The molecule has 1 heterocycles. The Morgan fingerprint density at radius 3 is 2.60 bits per heavy atom. The van der Waals surface area contributed by atoms with E-state index in [1.807, 2.05) is 4.90 Å². The highest BCUT2D eigenvalue weighted by molar-refractivity contribution is 5.85. The van der Waals surface area contributed by atoms with Crippen LogP contribution < -0.4 is 0 Å². The minimum atomic E-state index is -0.163. The lowest BCUT2D eigenvalue weighted by molar-refractivity contribution is -0.143. The zero-order valence-electron chi connectivity index (χ0n) is 15.2. The van der Waals surface area contributed by atoms with Crippen LogP contribution in [0.5, 0.6) is 0 Å². The zero-order valence-corrected chi connectivity index (χ0v) is 15.2. The van der Waals surface area contributed by atoms with Crippen molar-refractivity contribution >= 4 is 11.9 Å². The Kier molecular flexibility index (Phi) is 5.77. The topological polar surface area (TPSA) is 46.6 Å². The van der Waals surface area contributed by atoms with Gasteiger partial charge in [0.15, 0.2) is 0 Å². The van der Waals surface area contributed by atoms with Gasteiger partial charge in [0.05, 0.1) is 12.0 Å². The maximum absolute atomic E-state index is 12.9. The van der Waals surface area contributed by atoms with Gasteiger partial charge in [-0.3, -0.25) is 9.59 Å². The second kappa shape index (κ2) is 8.03. The van der Waals surface area contributed by atoms with Gasteiger partial charge < -0.3 is 9.64 Å². The van der Waals surface area contributed by atoms with Gasteiger partial charge in [-0.15, -0.1) is 0 Å². The van der Waals surface area contributed by atoms with Crippen molar-refractivity contribution < 1.29 is 14.3 Å². The number of carbonyl (C=O) groups excluding carboxylic acids is 2. The van der Waals surface area contributed by atoms with Gasteiger partial charge in [-0.25, -0.2) is 0 Å². The fraction of sp³-hybridized carbons (Fsp3) is 0.619. The first-order valence-electron chi connectivity index (χ1n) is 9.64. The van der Waals surface area contributed by atoms with E-state index >= 15 is 0 Å². The van der Waals surface area contributed by atoms with E-state index in [-0.39, 0.29) is 11.4 Å². The Morgan fingerprint density at radius 1 is 1.20 bits per heavy atom. The molecule has 4 heteroatoms. The molecule has 0 bridgehead atoms. The zero-order chi connectivity index (χ0) is 17.7. The number of hydrogen-bond acceptors (Lipinski definition) is 3. The first-order chi connectivity index (χ1) is 12.1. The molecule has 1 amide bonds. The Balaban J connectivity index is 1.48. The number of ether oxygens (including phenoxy) is 1. The molecule has 1 saturated carbocycles. The second-order valence-electron chi connectivity index (χ2n) is 7.44. The van der Waals surface area contributed by atoms with Crippen LogP contribution in [0.25, 0.3) is 0 Å². The normalized spacial score (nSPS) is 26.2. The molecule has 1 aromatic carbocycles. The van der Waals surface area contributed by atoms with Gasteiger partial charge in [0.2, 0.25) is 5.91 Å². The Hall–Kier alpha value is -1.84. The highest BCUT2D eigenvalue weighted by Crippen LogP contribution is 2.48. The van der Waals surface area contributed by atoms with E-state index in [0.717, 1.165) is 45.1 Å². The predicted molar refractivity (Wildman–Crippen MR) is 97.1 cm³/mol. The van der Waals surface area contributed by atoms with Gasteiger partial charge in [0.25, 0.3) is 0 Å². The van der Waals surface area contributed by atoms with Gasteiger partial charge in [-0.1, -0.05) is 37.3 Å². The van der Waals surface area contributed by atoms with Crippen LogP contribution in [0.15, 0.2) is 30.3 Å². The van der Waals surface area contributed by atoms with Crippen LogP contribution in [0, 0.1) is 5.41 Å². The van der Waals surface area contributed by atoms with Crippen LogP contribution in [0.3, 0.4) is 0 Å². The summed E-state index contributed by atoms with van der Waals surface area (Å²) in [5.41, 5.74) is 1.29. The highest BCUT2D eigenvalue weighted by Gasteiger charge is 2.48. The second-order valence-corrected chi connectivity index (χ2v) is 7.44. The van der Waals surface area contributed by atoms with Crippen LogP contribution in [0.2, 0.25) is 0 Å². The van der Waals surface area contributed by atoms with Crippen molar-refractivity contribution in [1.29, 1.82) is 0 Å². The molecule has 1 spiro atoms. The van der Waals surface area contributed by atoms with Gasteiger partial charge >= 0.3 is 5.97 Å². The van der Waals surface area contributed by atoms with Crippen molar-refractivity contribution in [3.8, 4) is 0 Å². The van der Waals surface area contributed by atoms with Gasteiger partial charge in [0.1, 0.15) is 0 Å². The molecule has 1 aromatic rings. The summed E-state index contributed by atoms with van der Waals surface area (Å²) in [5, 5.41) is 0. The summed E-state index contributed by atoms with van der Waals surface area (Å²) in [6.07, 6.45) is 6.37. The summed E-state index contributed by atoms with van der Waals surface area (Å²) < 4.78 is 5.11. The van der Waals surface area contributed by atoms with Gasteiger partial charge in [-0.2, -0.15) is 0 Å². The van der Waals surface area contributed by atoms with E-state index in [2.05, 4.69) is 30.3 Å². The van der Waals surface area contributed by atoms with Crippen LogP contribution in [0.1, 0.15) is 63.4 Å². The van der Waals surface area contributed by atoms with Crippen molar-refractivity contribution in [3.63, 3.8) is 0 Å². The third-order valence-electron chi connectivity index (χ3n) is 5.94. The number of esters is 1. The lowest BCUT2D eigenvalue weighted by atomic mass is 9.68. The summed E-state index contributed by atoms with van der Waals surface area (Å²) in [4.78, 5) is 26.1. The van der Waals surface area contributed by atoms with Gasteiger partial charge in [0, 0.05) is 19.5 Å². The van der Waals surface area contributed by atoms with Crippen LogP contribution in [-0.2, 0) is 14.3 Å². The highest BCUT2D eigenvalue weighted by atomic mass is 16.5. The number of nitrogens with zero attached hydrogens (tertiary/aromatic N) is 1. The Morgan fingerprint density at radius 2 is 1.92 bits per heavy atom. The molecule has 1 aliphatic carbocycles. The van der Waals surface area contributed by atoms with E-state index < -0.39 is 0 Å². The number of amides is 1. The molecule has 0 N–H and O–H groups in total. The number of carbonyl (C=O) groups is 2. The minimum Gasteiger partial charge on any atom is -0.466 e. The molecular weight excluding hydrogens is 314 g/mol. The maximum atomic E-state index is 12.9. The third-order valence-corrected chi connectivity index (χ3v) is 5.94. The van der Waals surface area contributed by atoms with E-state index in [0.29, 0.717) is 31.4 Å². The van der Waals surface area contributed by atoms with Crippen molar-refractivity contribution in [3.05, 3.63) is 35.9 Å². The molecule has 2 fully saturated rings. The summed E-state index contributed by atoms with van der Waals surface area (Å²) in [6.45, 7) is 3.78. The van der Waals surface area contributed by atoms with Crippen molar-refractivity contribution in [2.45, 2.75) is 57.8 Å². The first kappa shape index (κ1) is 18.0. The quantitative estimate of drug-likeness (QED) is 0.581. The van der Waals surface area contributed by atoms with Crippen LogP contribution in [-0.4, -0.2) is 36.5 Å². The Bertz CT molecular complexity index is 590. The van der Waals surface area contributed by atoms with Crippen LogP contribution >= 0.6 is 0 Å². The number of hydrogen-bond donors (Lipinski definition) is 0. The molecule has 0 radical (unpaired) electrons. The monoisotopic (exact) mass is 343 g/mol.